The highest BCUT2D eigenvalue weighted by molar-refractivity contribution is 7.79. The highest BCUT2D eigenvalue weighted by Crippen LogP contribution is 2.91. The fourth-order valence-corrected chi connectivity index (χ4v) is 16.4. The summed E-state index contributed by atoms with van der Waals surface area (Å²) >= 11 is 0. The second-order valence-corrected chi connectivity index (χ2v) is 15.9. The molecule has 0 saturated heterocycles. The number of allylic oxidation sites excluding steroid dienone is 8. The average molecular weight is 390 g/mol. The van der Waals surface area contributed by atoms with Gasteiger partial charge in [0, 0.05) is 32.8 Å². The van der Waals surface area contributed by atoms with Crippen LogP contribution in [0.15, 0.2) is 43.5 Å². The fraction of sp³-hybridized carbons (Fsp3) is 0.636. The summed E-state index contributed by atoms with van der Waals surface area (Å²) in [5.41, 5.74) is 4.86. The largest absolute Gasteiger partial charge is 0.314 e. The zero-order chi connectivity index (χ0) is 19.8. The van der Waals surface area contributed by atoms with Gasteiger partial charge in [0.15, 0.2) is 0 Å². The quantitative estimate of drug-likeness (QED) is 0.430. The van der Waals surface area contributed by atoms with E-state index in [2.05, 4.69) is 69.2 Å². The van der Waals surface area contributed by atoms with Gasteiger partial charge in [-0.2, -0.15) is 0 Å². The van der Waals surface area contributed by atoms with Gasteiger partial charge in [0.05, 0.1) is 0 Å². The minimum absolute atomic E-state index is 0.0886. The Morgan fingerprint density at radius 1 is 0.615 bits per heavy atom. The van der Waals surface area contributed by atoms with E-state index in [0.29, 0.717) is 0 Å². The zero-order valence-electron chi connectivity index (χ0n) is 17.9. The van der Waals surface area contributed by atoms with Crippen molar-refractivity contribution in [2.24, 2.45) is 10.8 Å². The molecule has 4 aliphatic heterocycles. The van der Waals surface area contributed by atoms with Gasteiger partial charge in [-0.15, -0.1) is 0 Å². The summed E-state index contributed by atoms with van der Waals surface area (Å²) in [4.78, 5) is 0. The first kappa shape index (κ1) is 18.8. The predicted molar refractivity (Wildman–Crippen MR) is 112 cm³/mol. The van der Waals surface area contributed by atoms with Crippen molar-refractivity contribution in [2.45, 2.75) is 80.6 Å². The van der Waals surface area contributed by atoms with Crippen molar-refractivity contribution in [3.63, 3.8) is 0 Å². The van der Waals surface area contributed by atoms with Crippen LogP contribution in [0, 0.1) is 10.8 Å². The molecule has 2 nitrogen and oxygen atoms in total. The molecule has 0 fully saturated rings. The van der Waals surface area contributed by atoms with Crippen LogP contribution in [0.2, 0.25) is 0 Å². The molecule has 4 rings (SSSR count). The lowest BCUT2D eigenvalue weighted by Crippen LogP contribution is -2.24. The lowest BCUT2D eigenvalue weighted by Gasteiger charge is -2.32. The Bertz CT molecular complexity index is 937. The molecular weight excluding hydrogens is 358 g/mol. The Kier molecular flexibility index (Phi) is 3.39. The summed E-state index contributed by atoms with van der Waals surface area (Å²) in [6.45, 7) is 21.5. The van der Waals surface area contributed by atoms with E-state index >= 15 is 0 Å². The molecule has 26 heavy (non-hydrogen) atoms. The normalized spacial score (nSPS) is 50.2. The van der Waals surface area contributed by atoms with Crippen molar-refractivity contribution in [2.75, 3.05) is 0 Å². The first-order valence-corrected chi connectivity index (χ1v) is 13.3. The molecule has 4 bridgehead atoms. The first-order valence-electron chi connectivity index (χ1n) is 9.76. The van der Waals surface area contributed by atoms with Crippen LogP contribution in [0.1, 0.15) is 69.2 Å². The summed E-state index contributed by atoms with van der Waals surface area (Å²) in [5.74, 6) is 0. The van der Waals surface area contributed by atoms with Crippen LogP contribution in [-0.2, 0) is 9.13 Å². The Balaban J connectivity index is 2.09. The molecule has 0 N–H and O–H groups in total. The van der Waals surface area contributed by atoms with Gasteiger partial charge in [-0.25, -0.2) is 0 Å². The molecule has 0 aliphatic carbocycles. The maximum absolute atomic E-state index is 14.5. The first-order chi connectivity index (χ1) is 11.7. The molecule has 0 aromatic rings. The molecule has 0 saturated carbocycles. The van der Waals surface area contributed by atoms with Crippen molar-refractivity contribution >= 4 is 14.3 Å². The SMILES string of the molecule is CC1=C(C)[P@@]2(=O)C(C3=C(C)[C@@]4(C)C(C)=C(C)[P@]3(=O)C4C)=C(C)[C@]1(C)C2C. The van der Waals surface area contributed by atoms with Crippen molar-refractivity contribution in [3.05, 3.63) is 43.5 Å². The summed E-state index contributed by atoms with van der Waals surface area (Å²) in [6.07, 6.45) is 0. The number of fused-ring (bicyclic) bond motifs is 4. The third-order valence-electron chi connectivity index (χ3n) is 9.56. The molecule has 0 amide bonds. The topological polar surface area (TPSA) is 34.1 Å². The van der Waals surface area contributed by atoms with Gasteiger partial charge >= 0.3 is 0 Å². The van der Waals surface area contributed by atoms with E-state index in [0.717, 1.165) is 21.3 Å². The fourth-order valence-electron chi connectivity index (χ4n) is 6.76. The summed E-state index contributed by atoms with van der Waals surface area (Å²) in [6, 6.07) is 0. The van der Waals surface area contributed by atoms with Gasteiger partial charge in [0.25, 0.3) is 0 Å². The third-order valence-corrected chi connectivity index (χ3v) is 18.1. The van der Waals surface area contributed by atoms with Crippen molar-refractivity contribution in [1.82, 2.24) is 0 Å². The van der Waals surface area contributed by atoms with E-state index in [4.69, 9.17) is 0 Å². The van der Waals surface area contributed by atoms with E-state index < -0.39 is 14.3 Å². The van der Waals surface area contributed by atoms with Gasteiger partial charge in [-0.05, 0) is 52.2 Å². The van der Waals surface area contributed by atoms with Gasteiger partial charge in [0.2, 0.25) is 0 Å². The molecular formula is C22H32O2P2. The van der Waals surface area contributed by atoms with E-state index in [1.165, 1.54) is 22.3 Å². The van der Waals surface area contributed by atoms with Gasteiger partial charge < -0.3 is 9.13 Å². The van der Waals surface area contributed by atoms with Crippen molar-refractivity contribution < 1.29 is 9.13 Å². The van der Waals surface area contributed by atoms with Crippen molar-refractivity contribution in [1.29, 1.82) is 0 Å². The molecule has 142 valence electrons. The molecule has 4 heterocycles. The molecule has 2 unspecified atom stereocenters. The smallest absolute Gasteiger partial charge is 0.143 e. The summed E-state index contributed by atoms with van der Waals surface area (Å²) < 4.78 is 29.0. The highest BCUT2D eigenvalue weighted by atomic mass is 31.2. The number of hydrogen-bond donors (Lipinski definition) is 0. The van der Waals surface area contributed by atoms with Crippen LogP contribution in [0.25, 0.3) is 0 Å². The minimum Gasteiger partial charge on any atom is -0.314 e. The minimum atomic E-state index is -2.70. The maximum Gasteiger partial charge on any atom is 0.143 e. The Labute approximate surface area is 158 Å². The second kappa shape index (κ2) is 4.69. The number of rotatable bonds is 1. The highest BCUT2D eigenvalue weighted by Gasteiger charge is 2.68. The van der Waals surface area contributed by atoms with Crippen LogP contribution in [0.4, 0.5) is 0 Å². The molecule has 6 atom stereocenters. The Hall–Kier alpha value is -0.580. The molecule has 0 radical (unpaired) electrons. The summed E-state index contributed by atoms with van der Waals surface area (Å²) in [5, 5.41) is 4.14. The zero-order valence-corrected chi connectivity index (χ0v) is 19.7. The van der Waals surface area contributed by atoms with Crippen LogP contribution in [0.5, 0.6) is 0 Å². The van der Waals surface area contributed by atoms with Crippen LogP contribution >= 0.6 is 14.3 Å². The maximum atomic E-state index is 14.5. The second-order valence-electron chi connectivity index (χ2n) is 9.44. The molecule has 4 aliphatic rings. The van der Waals surface area contributed by atoms with E-state index in [1.807, 2.05) is 0 Å². The predicted octanol–water partition coefficient (Wildman–Crippen LogP) is 7.69. The van der Waals surface area contributed by atoms with Gasteiger partial charge in [0.1, 0.15) is 14.3 Å². The molecule has 0 spiro atoms. The lowest BCUT2D eigenvalue weighted by molar-refractivity contribution is 0.477. The van der Waals surface area contributed by atoms with Crippen LogP contribution in [0.3, 0.4) is 0 Å². The van der Waals surface area contributed by atoms with Crippen LogP contribution < -0.4 is 0 Å². The number of hydrogen-bond acceptors (Lipinski definition) is 2. The van der Waals surface area contributed by atoms with Gasteiger partial charge in [-0.3, -0.25) is 0 Å². The van der Waals surface area contributed by atoms with Crippen LogP contribution in [-0.4, -0.2) is 11.3 Å². The average Bonchev–Trinajstić information content (AvgIpc) is 2.97. The molecule has 4 heteroatoms. The standard InChI is InChI=1S/C22H32O2P2/c1-11-15(5)25(23)17(7)21(11,9)13(3)19(25)20-14(4)22(10)12(2)16(6)26(20,24)18(22)8/h17-18H,1-10H3/t17?,18?,21-,22-,25+,26+/m1/s1. The summed E-state index contributed by atoms with van der Waals surface area (Å²) in [7, 11) is -5.40. The monoisotopic (exact) mass is 390 g/mol. The van der Waals surface area contributed by atoms with E-state index in [9.17, 15) is 9.13 Å². The van der Waals surface area contributed by atoms with Crippen molar-refractivity contribution in [3.8, 4) is 0 Å². The lowest BCUT2D eigenvalue weighted by atomic mass is 9.72. The van der Waals surface area contributed by atoms with E-state index in [-0.39, 0.29) is 22.1 Å². The molecule has 0 aromatic carbocycles. The molecule has 0 aromatic heterocycles. The third kappa shape index (κ3) is 1.41. The van der Waals surface area contributed by atoms with Gasteiger partial charge in [-0.1, -0.05) is 50.0 Å². The Morgan fingerprint density at radius 3 is 1.12 bits per heavy atom. The Morgan fingerprint density at radius 2 is 0.885 bits per heavy atom. The van der Waals surface area contributed by atoms with E-state index in [1.54, 1.807) is 0 Å².